The first-order valence-corrected chi connectivity index (χ1v) is 11.3. The molecule has 0 unspecified atom stereocenters. The maximum atomic E-state index is 4.94. The highest BCUT2D eigenvalue weighted by molar-refractivity contribution is 9.10. The van der Waals surface area contributed by atoms with Crippen molar-refractivity contribution in [3.63, 3.8) is 0 Å². The van der Waals surface area contributed by atoms with Gasteiger partial charge in [0.1, 0.15) is 0 Å². The van der Waals surface area contributed by atoms with Crippen molar-refractivity contribution in [1.82, 2.24) is 15.0 Å². The Hall–Kier alpha value is -3.63. The van der Waals surface area contributed by atoms with Gasteiger partial charge in [-0.05, 0) is 29.2 Å². The molecule has 0 saturated carbocycles. The lowest BCUT2D eigenvalue weighted by atomic mass is 9.99. The summed E-state index contributed by atoms with van der Waals surface area (Å²) < 4.78 is 1.10. The van der Waals surface area contributed by atoms with E-state index in [2.05, 4.69) is 52.3 Å². The Morgan fingerprint density at radius 1 is 0.500 bits per heavy atom. The molecule has 0 radical (unpaired) electrons. The van der Waals surface area contributed by atoms with Gasteiger partial charge < -0.3 is 0 Å². The van der Waals surface area contributed by atoms with E-state index in [4.69, 9.17) is 15.0 Å². The molecule has 0 bridgehead atoms. The summed E-state index contributed by atoms with van der Waals surface area (Å²) >= 11 is 3.77. The van der Waals surface area contributed by atoms with Crippen LogP contribution in [0.5, 0.6) is 0 Å². The maximum Gasteiger partial charge on any atom is 0.164 e. The van der Waals surface area contributed by atoms with E-state index in [1.54, 1.807) is 0 Å². The molecule has 1 heterocycles. The van der Waals surface area contributed by atoms with Gasteiger partial charge in [0.05, 0.1) is 0 Å². The largest absolute Gasteiger partial charge is 0.208 e. The van der Waals surface area contributed by atoms with Crippen LogP contribution in [0.15, 0.2) is 102 Å². The van der Waals surface area contributed by atoms with Crippen LogP contribution in [0.25, 0.3) is 45.3 Å². The van der Waals surface area contributed by atoms with Gasteiger partial charge in [-0.2, -0.15) is 0 Å². The van der Waals surface area contributed by atoms with Gasteiger partial charge >= 0.3 is 0 Å². The minimum absolute atomic E-state index is 0.678. The zero-order valence-electron chi connectivity index (χ0n) is 17.2. The van der Waals surface area contributed by atoms with Gasteiger partial charge in [0.15, 0.2) is 17.5 Å². The Kier molecular flexibility index (Phi) is 4.66. The molecular weight excluding hydrogens is 458 g/mol. The predicted molar refractivity (Wildman–Crippen MR) is 132 cm³/mol. The quantitative estimate of drug-likeness (QED) is 0.271. The molecule has 0 amide bonds. The van der Waals surface area contributed by atoms with Crippen molar-refractivity contribution in [1.29, 1.82) is 0 Å². The monoisotopic (exact) mass is 475 g/mol. The molecule has 0 N–H and O–H groups in total. The fourth-order valence-electron chi connectivity index (χ4n) is 4.36. The molecule has 4 aromatic carbocycles. The summed E-state index contributed by atoms with van der Waals surface area (Å²) in [5, 5.41) is 0. The van der Waals surface area contributed by atoms with Crippen LogP contribution in [0, 0.1) is 0 Å². The molecule has 3 nitrogen and oxygen atoms in total. The Morgan fingerprint density at radius 3 is 1.66 bits per heavy atom. The van der Waals surface area contributed by atoms with Crippen molar-refractivity contribution in [2.45, 2.75) is 6.42 Å². The number of benzene rings is 4. The molecule has 0 aliphatic heterocycles. The molecule has 1 aliphatic rings. The lowest BCUT2D eigenvalue weighted by Gasteiger charge is -2.12. The average molecular weight is 476 g/mol. The van der Waals surface area contributed by atoms with Gasteiger partial charge in [-0.25, -0.2) is 15.0 Å². The van der Waals surface area contributed by atoms with Crippen molar-refractivity contribution < 1.29 is 0 Å². The highest BCUT2D eigenvalue weighted by Crippen LogP contribution is 2.45. The summed E-state index contributed by atoms with van der Waals surface area (Å²) in [5.74, 6) is 2.05. The van der Waals surface area contributed by atoms with Gasteiger partial charge in [-0.15, -0.1) is 0 Å². The molecule has 152 valence electrons. The summed E-state index contributed by atoms with van der Waals surface area (Å²) in [4.78, 5) is 14.7. The van der Waals surface area contributed by atoms with Crippen LogP contribution in [0.2, 0.25) is 0 Å². The Labute approximate surface area is 195 Å². The van der Waals surface area contributed by atoms with Crippen molar-refractivity contribution in [2.24, 2.45) is 0 Å². The maximum absolute atomic E-state index is 4.94. The molecule has 0 fully saturated rings. The zero-order valence-corrected chi connectivity index (χ0v) is 18.8. The molecule has 1 aliphatic carbocycles. The van der Waals surface area contributed by atoms with E-state index in [1.807, 2.05) is 60.7 Å². The normalized spacial score (nSPS) is 11.8. The number of nitrogens with zero attached hydrogens (tertiary/aromatic N) is 3. The molecule has 5 aromatic rings. The molecule has 0 spiro atoms. The zero-order chi connectivity index (χ0) is 21.5. The van der Waals surface area contributed by atoms with Crippen LogP contribution < -0.4 is 0 Å². The molecular formula is C28H18BrN3. The Bertz CT molecular complexity index is 1390. The summed E-state index contributed by atoms with van der Waals surface area (Å²) in [7, 11) is 0. The van der Waals surface area contributed by atoms with Gasteiger partial charge in [0.2, 0.25) is 0 Å². The van der Waals surface area contributed by atoms with E-state index in [9.17, 15) is 0 Å². The lowest BCUT2D eigenvalue weighted by Crippen LogP contribution is -2.01. The number of rotatable bonds is 3. The summed E-state index contributed by atoms with van der Waals surface area (Å²) in [5.41, 5.74) is 8.05. The standard InChI is InChI=1S/C28H18BrN3/c29-23-16-8-14-21-17-20-13-7-15-22(24(20)25(21)23)28-31-26(18-9-3-1-4-10-18)30-27(32-28)19-11-5-2-6-12-19/h1-16H,17H2. The summed E-state index contributed by atoms with van der Waals surface area (Å²) in [6.07, 6.45) is 0.917. The first-order chi connectivity index (χ1) is 15.8. The first kappa shape index (κ1) is 19.1. The van der Waals surface area contributed by atoms with Gasteiger partial charge in [-0.3, -0.25) is 0 Å². The summed E-state index contributed by atoms with van der Waals surface area (Å²) in [6, 6.07) is 33.0. The van der Waals surface area contributed by atoms with Crippen LogP contribution in [-0.2, 0) is 6.42 Å². The fourth-order valence-corrected chi connectivity index (χ4v) is 4.96. The van der Waals surface area contributed by atoms with Crippen LogP contribution in [0.4, 0.5) is 0 Å². The number of hydrogen-bond donors (Lipinski definition) is 0. The highest BCUT2D eigenvalue weighted by Gasteiger charge is 2.25. The smallest absolute Gasteiger partial charge is 0.164 e. The van der Waals surface area contributed by atoms with Crippen molar-refractivity contribution in [3.05, 3.63) is 113 Å². The second kappa shape index (κ2) is 7.81. The summed E-state index contributed by atoms with van der Waals surface area (Å²) in [6.45, 7) is 0. The van der Waals surface area contributed by atoms with Gasteiger partial charge in [0, 0.05) is 26.7 Å². The number of halogens is 1. The third-order valence-electron chi connectivity index (χ3n) is 5.82. The highest BCUT2D eigenvalue weighted by atomic mass is 79.9. The number of hydrogen-bond acceptors (Lipinski definition) is 3. The minimum atomic E-state index is 0.678. The molecule has 0 atom stereocenters. The van der Waals surface area contributed by atoms with Crippen molar-refractivity contribution in [3.8, 4) is 45.3 Å². The van der Waals surface area contributed by atoms with E-state index < -0.39 is 0 Å². The third kappa shape index (κ3) is 3.24. The van der Waals surface area contributed by atoms with Crippen LogP contribution in [0.3, 0.4) is 0 Å². The second-order valence-electron chi connectivity index (χ2n) is 7.83. The van der Waals surface area contributed by atoms with E-state index in [1.165, 1.54) is 22.3 Å². The topological polar surface area (TPSA) is 38.7 Å². The molecule has 6 rings (SSSR count). The molecule has 0 saturated heterocycles. The van der Waals surface area contributed by atoms with E-state index in [-0.39, 0.29) is 0 Å². The second-order valence-corrected chi connectivity index (χ2v) is 8.68. The van der Waals surface area contributed by atoms with Crippen LogP contribution in [-0.4, -0.2) is 15.0 Å². The Morgan fingerprint density at radius 2 is 1.03 bits per heavy atom. The Balaban J connectivity index is 1.62. The minimum Gasteiger partial charge on any atom is -0.208 e. The third-order valence-corrected chi connectivity index (χ3v) is 6.48. The fraction of sp³-hybridized carbons (Fsp3) is 0.0357. The van der Waals surface area contributed by atoms with E-state index in [0.717, 1.165) is 27.6 Å². The van der Waals surface area contributed by atoms with Crippen molar-refractivity contribution >= 4 is 15.9 Å². The number of aromatic nitrogens is 3. The SMILES string of the molecule is Brc1cccc2c1-c1c(cccc1-c1nc(-c3ccccc3)nc(-c3ccccc3)n1)C2. The lowest BCUT2D eigenvalue weighted by molar-refractivity contribution is 1.07. The average Bonchev–Trinajstić information content (AvgIpc) is 3.25. The molecule has 4 heteroatoms. The van der Waals surface area contributed by atoms with Crippen molar-refractivity contribution in [2.75, 3.05) is 0 Å². The number of fused-ring (bicyclic) bond motifs is 3. The van der Waals surface area contributed by atoms with E-state index in [0.29, 0.717) is 17.5 Å². The molecule has 1 aromatic heterocycles. The van der Waals surface area contributed by atoms with Gasteiger partial charge in [0.25, 0.3) is 0 Å². The van der Waals surface area contributed by atoms with Gasteiger partial charge in [-0.1, -0.05) is 107 Å². The van der Waals surface area contributed by atoms with Crippen LogP contribution in [0.1, 0.15) is 11.1 Å². The first-order valence-electron chi connectivity index (χ1n) is 10.5. The van der Waals surface area contributed by atoms with Crippen LogP contribution >= 0.6 is 15.9 Å². The molecule has 32 heavy (non-hydrogen) atoms. The van der Waals surface area contributed by atoms with E-state index >= 15 is 0 Å². The predicted octanol–water partition coefficient (Wildman–Crippen LogP) is 7.21.